The fourth-order valence-corrected chi connectivity index (χ4v) is 4.31. The maximum atomic E-state index is 11.1. The van der Waals surface area contributed by atoms with E-state index >= 15 is 0 Å². The van der Waals surface area contributed by atoms with Crippen molar-refractivity contribution in [2.75, 3.05) is 19.6 Å². The third-order valence-corrected chi connectivity index (χ3v) is 5.87. The molecule has 158 valence electrons. The third kappa shape index (κ3) is 4.19. The predicted octanol–water partition coefficient (Wildman–Crippen LogP) is 3.12. The summed E-state index contributed by atoms with van der Waals surface area (Å²) >= 11 is 0. The molecule has 1 heterocycles. The molecule has 6 nitrogen and oxygen atoms in total. The lowest BCUT2D eigenvalue weighted by molar-refractivity contribution is 0.0485. The highest BCUT2D eigenvalue weighted by molar-refractivity contribution is 5.79. The monoisotopic (exact) mass is 405 g/mol. The molecule has 4 rings (SSSR count). The van der Waals surface area contributed by atoms with E-state index in [1.54, 1.807) is 0 Å². The van der Waals surface area contributed by atoms with Crippen molar-refractivity contribution in [3.63, 3.8) is 0 Å². The van der Waals surface area contributed by atoms with Gasteiger partial charge in [-0.2, -0.15) is 0 Å². The molecule has 0 saturated carbocycles. The summed E-state index contributed by atoms with van der Waals surface area (Å²) in [7, 11) is 0. The van der Waals surface area contributed by atoms with Crippen LogP contribution in [0, 0.1) is 6.92 Å². The lowest BCUT2D eigenvalue weighted by Crippen LogP contribution is -2.39. The molecular formula is C24H31N5O. The van der Waals surface area contributed by atoms with E-state index in [9.17, 15) is 5.11 Å². The Morgan fingerprint density at radius 2 is 1.97 bits per heavy atom. The number of aliphatic hydroxyl groups is 1. The summed E-state index contributed by atoms with van der Waals surface area (Å²) in [5, 5.41) is 17.8. The molecule has 30 heavy (non-hydrogen) atoms. The van der Waals surface area contributed by atoms with Gasteiger partial charge in [0.05, 0.1) is 17.6 Å². The molecule has 1 aromatic heterocycles. The van der Waals surface area contributed by atoms with E-state index in [-0.39, 0.29) is 0 Å². The lowest BCUT2D eigenvalue weighted by atomic mass is 9.96. The number of para-hydroxylation sites is 2. The maximum absolute atomic E-state index is 11.1. The van der Waals surface area contributed by atoms with Crippen molar-refractivity contribution in [1.29, 1.82) is 0 Å². The largest absolute Gasteiger partial charge is 0.383 e. The summed E-state index contributed by atoms with van der Waals surface area (Å²) in [5.74, 6) is 1.79. The minimum absolute atomic E-state index is 0.366. The van der Waals surface area contributed by atoms with Crippen molar-refractivity contribution in [3.05, 3.63) is 65.5 Å². The van der Waals surface area contributed by atoms with Crippen LogP contribution < -0.4 is 10.6 Å². The second kappa shape index (κ2) is 8.88. The van der Waals surface area contributed by atoms with Gasteiger partial charge in [0.15, 0.2) is 5.96 Å². The second-order valence-electron chi connectivity index (χ2n) is 7.96. The highest BCUT2D eigenvalue weighted by Crippen LogP contribution is 2.36. The first-order chi connectivity index (χ1) is 14.6. The molecule has 0 aliphatic heterocycles. The molecular weight excluding hydrogens is 374 g/mol. The number of rotatable bonds is 7. The number of hydrogen-bond donors (Lipinski definition) is 3. The highest BCUT2D eigenvalue weighted by Gasteiger charge is 2.36. The summed E-state index contributed by atoms with van der Waals surface area (Å²) in [6, 6.07) is 16.4. The summed E-state index contributed by atoms with van der Waals surface area (Å²) in [6.07, 6.45) is 2.59. The molecule has 2 aromatic carbocycles. The predicted molar refractivity (Wildman–Crippen MR) is 122 cm³/mol. The maximum Gasteiger partial charge on any atom is 0.191 e. The van der Waals surface area contributed by atoms with Gasteiger partial charge in [-0.15, -0.1) is 0 Å². The van der Waals surface area contributed by atoms with Gasteiger partial charge in [-0.1, -0.05) is 36.4 Å². The minimum atomic E-state index is -0.869. The first-order valence-corrected chi connectivity index (χ1v) is 10.9. The molecule has 3 aromatic rings. The molecule has 0 fully saturated rings. The second-order valence-corrected chi connectivity index (χ2v) is 7.96. The molecule has 6 heteroatoms. The van der Waals surface area contributed by atoms with E-state index < -0.39 is 5.60 Å². The average molecular weight is 406 g/mol. The van der Waals surface area contributed by atoms with E-state index in [1.165, 1.54) is 11.1 Å². The van der Waals surface area contributed by atoms with E-state index in [0.29, 0.717) is 6.54 Å². The molecule has 1 unspecified atom stereocenters. The number of aliphatic imine (C=N–C) groups is 1. The Balaban J connectivity index is 1.35. The Labute approximate surface area is 178 Å². The van der Waals surface area contributed by atoms with Crippen molar-refractivity contribution in [3.8, 4) is 0 Å². The van der Waals surface area contributed by atoms with Crippen LogP contribution in [0.4, 0.5) is 0 Å². The van der Waals surface area contributed by atoms with E-state index in [1.807, 2.05) is 24.3 Å². The van der Waals surface area contributed by atoms with Gasteiger partial charge >= 0.3 is 0 Å². The Morgan fingerprint density at radius 1 is 1.17 bits per heavy atom. The number of imidazole rings is 1. The van der Waals surface area contributed by atoms with Gasteiger partial charge < -0.3 is 20.3 Å². The summed E-state index contributed by atoms with van der Waals surface area (Å²) < 4.78 is 2.26. The number of aryl methyl sites for hydroxylation is 3. The third-order valence-electron chi connectivity index (χ3n) is 5.87. The van der Waals surface area contributed by atoms with Crippen LogP contribution in [0.1, 0.15) is 36.7 Å². The SMILES string of the molecule is CCNC(=NCC1(O)CCc2ccccc21)NCCCn1c(C)nc2ccccc21. The van der Waals surface area contributed by atoms with Crippen LogP contribution >= 0.6 is 0 Å². The molecule has 0 bridgehead atoms. The van der Waals surface area contributed by atoms with Gasteiger partial charge in [0.2, 0.25) is 0 Å². The first kappa shape index (κ1) is 20.4. The van der Waals surface area contributed by atoms with Gasteiger partial charge in [-0.25, -0.2) is 9.98 Å². The number of nitrogens with one attached hydrogen (secondary N) is 2. The topological polar surface area (TPSA) is 74.5 Å². The summed E-state index contributed by atoms with van der Waals surface area (Å²) in [4.78, 5) is 9.33. The minimum Gasteiger partial charge on any atom is -0.383 e. The van der Waals surface area contributed by atoms with Crippen LogP contribution in [0.25, 0.3) is 11.0 Å². The average Bonchev–Trinajstić information content (AvgIpc) is 3.26. The molecule has 1 aliphatic carbocycles. The molecule has 0 radical (unpaired) electrons. The number of hydrogen-bond acceptors (Lipinski definition) is 3. The van der Waals surface area contributed by atoms with E-state index in [4.69, 9.17) is 4.99 Å². The van der Waals surface area contributed by atoms with Crippen LogP contribution in [0.5, 0.6) is 0 Å². The van der Waals surface area contributed by atoms with Gasteiger partial charge in [0.25, 0.3) is 0 Å². The Kier molecular flexibility index (Phi) is 6.04. The standard InChI is InChI=1S/C24H31N5O/c1-3-25-23(27-17-24(30)14-13-19-9-4-5-10-20(19)24)26-15-8-16-29-18(2)28-21-11-6-7-12-22(21)29/h4-7,9-12,30H,3,8,13-17H2,1-2H3,(H2,25,26,27). The van der Waals surface area contributed by atoms with Crippen LogP contribution in [0.2, 0.25) is 0 Å². The van der Waals surface area contributed by atoms with Crippen molar-refractivity contribution >= 4 is 17.0 Å². The zero-order valence-electron chi connectivity index (χ0n) is 17.9. The zero-order valence-corrected chi connectivity index (χ0v) is 17.9. The smallest absolute Gasteiger partial charge is 0.191 e. The number of guanidine groups is 1. The van der Waals surface area contributed by atoms with Gasteiger partial charge in [0.1, 0.15) is 11.4 Å². The Hall–Kier alpha value is -2.86. The van der Waals surface area contributed by atoms with Crippen LogP contribution in [0.3, 0.4) is 0 Å². The summed E-state index contributed by atoms with van der Waals surface area (Å²) in [6.45, 7) is 6.95. The molecule has 1 aliphatic rings. The van der Waals surface area contributed by atoms with E-state index in [0.717, 1.165) is 61.8 Å². The molecule has 3 N–H and O–H groups in total. The Morgan fingerprint density at radius 3 is 2.83 bits per heavy atom. The number of nitrogens with zero attached hydrogens (tertiary/aromatic N) is 3. The van der Waals surface area contributed by atoms with Crippen molar-refractivity contribution in [2.45, 2.75) is 45.3 Å². The first-order valence-electron chi connectivity index (χ1n) is 10.9. The molecule has 0 amide bonds. The fraction of sp³-hybridized carbons (Fsp3) is 0.417. The molecule has 0 spiro atoms. The molecule has 1 atom stereocenters. The summed E-state index contributed by atoms with van der Waals surface area (Å²) in [5.41, 5.74) is 3.61. The van der Waals surface area contributed by atoms with Gasteiger partial charge in [-0.3, -0.25) is 0 Å². The number of fused-ring (bicyclic) bond motifs is 2. The number of benzene rings is 2. The van der Waals surface area contributed by atoms with Gasteiger partial charge in [0, 0.05) is 19.6 Å². The van der Waals surface area contributed by atoms with Crippen molar-refractivity contribution in [1.82, 2.24) is 20.2 Å². The Bertz CT molecular complexity index is 1040. The van der Waals surface area contributed by atoms with Crippen LogP contribution in [-0.4, -0.2) is 40.3 Å². The normalized spacial score (nSPS) is 18.6. The van der Waals surface area contributed by atoms with Crippen LogP contribution in [0.15, 0.2) is 53.5 Å². The van der Waals surface area contributed by atoms with Gasteiger partial charge in [-0.05, 0) is 56.4 Å². The van der Waals surface area contributed by atoms with E-state index in [2.05, 4.69) is 58.3 Å². The molecule has 0 saturated heterocycles. The van der Waals surface area contributed by atoms with Crippen molar-refractivity contribution < 1.29 is 5.11 Å². The highest BCUT2D eigenvalue weighted by atomic mass is 16.3. The number of aromatic nitrogens is 2. The fourth-order valence-electron chi connectivity index (χ4n) is 4.31. The van der Waals surface area contributed by atoms with Crippen LogP contribution in [-0.2, 0) is 18.6 Å². The quantitative estimate of drug-likeness (QED) is 0.321. The van der Waals surface area contributed by atoms with Crippen molar-refractivity contribution in [2.24, 2.45) is 4.99 Å². The zero-order chi connectivity index (χ0) is 21.0. The lowest BCUT2D eigenvalue weighted by Gasteiger charge is -2.22.